The van der Waals surface area contributed by atoms with Gasteiger partial charge in [0, 0.05) is 48.4 Å². The van der Waals surface area contributed by atoms with Gasteiger partial charge in [0.25, 0.3) is 5.92 Å². The summed E-state index contributed by atoms with van der Waals surface area (Å²) in [6.07, 6.45) is 5.17. The Hall–Kier alpha value is -2.30. The zero-order valence-electron chi connectivity index (χ0n) is 12.1. The molecule has 5 heteroatoms. The third kappa shape index (κ3) is 2.08. The van der Waals surface area contributed by atoms with Gasteiger partial charge in [0.05, 0.1) is 5.52 Å². The Labute approximate surface area is 126 Å². The molecule has 1 aliphatic carbocycles. The molecular formula is C17H15F2N3. The number of halogens is 2. The van der Waals surface area contributed by atoms with E-state index in [0.29, 0.717) is 6.54 Å². The second-order valence-electron chi connectivity index (χ2n) is 5.89. The second-order valence-corrected chi connectivity index (χ2v) is 5.89. The molecule has 1 atom stereocenters. The zero-order valence-corrected chi connectivity index (χ0v) is 12.1. The number of aryl methyl sites for hydroxylation is 1. The van der Waals surface area contributed by atoms with Crippen LogP contribution >= 0.6 is 0 Å². The molecule has 0 aliphatic heterocycles. The number of rotatable bonds is 3. The average molecular weight is 299 g/mol. The van der Waals surface area contributed by atoms with Crippen LogP contribution in [0.15, 0.2) is 42.9 Å². The maximum absolute atomic E-state index is 13.2. The van der Waals surface area contributed by atoms with Crippen molar-refractivity contribution in [3.63, 3.8) is 0 Å². The van der Waals surface area contributed by atoms with Crippen LogP contribution in [0.3, 0.4) is 0 Å². The van der Waals surface area contributed by atoms with Gasteiger partial charge in [0.2, 0.25) is 0 Å². The number of hydrogen-bond acceptors (Lipinski definition) is 2. The lowest BCUT2D eigenvalue weighted by molar-refractivity contribution is 0.0952. The fourth-order valence-electron chi connectivity index (χ4n) is 2.91. The number of pyridine rings is 1. The van der Waals surface area contributed by atoms with Crippen LogP contribution in [0.4, 0.5) is 8.78 Å². The van der Waals surface area contributed by atoms with Crippen molar-refractivity contribution in [3.05, 3.63) is 48.4 Å². The molecule has 1 saturated carbocycles. The molecule has 0 spiro atoms. The molecule has 0 radical (unpaired) electrons. The molecule has 1 unspecified atom stereocenters. The molecule has 0 bridgehead atoms. The van der Waals surface area contributed by atoms with Crippen LogP contribution in [0.5, 0.6) is 0 Å². The van der Waals surface area contributed by atoms with Crippen LogP contribution in [-0.4, -0.2) is 20.5 Å². The van der Waals surface area contributed by atoms with Crippen LogP contribution in [0.25, 0.3) is 22.3 Å². The molecule has 3 aromatic rings. The molecule has 0 N–H and O–H groups in total. The van der Waals surface area contributed by atoms with E-state index in [1.54, 1.807) is 18.6 Å². The van der Waals surface area contributed by atoms with Gasteiger partial charge in [-0.05, 0) is 18.6 Å². The summed E-state index contributed by atoms with van der Waals surface area (Å²) in [6.45, 7) is 2.31. The Morgan fingerprint density at radius 3 is 2.82 bits per heavy atom. The van der Waals surface area contributed by atoms with Crippen LogP contribution in [0.2, 0.25) is 0 Å². The first kappa shape index (κ1) is 13.4. The molecule has 22 heavy (non-hydrogen) atoms. The maximum atomic E-state index is 13.2. The Morgan fingerprint density at radius 2 is 2.05 bits per heavy atom. The summed E-state index contributed by atoms with van der Waals surface area (Å²) in [4.78, 5) is 8.81. The summed E-state index contributed by atoms with van der Waals surface area (Å²) < 4.78 is 28.2. The largest absolute Gasteiger partial charge is 0.330 e. The number of hydrogen-bond donors (Lipinski definition) is 0. The Kier molecular flexibility index (Phi) is 2.79. The monoisotopic (exact) mass is 299 g/mol. The summed E-state index contributed by atoms with van der Waals surface area (Å²) in [7, 11) is 0. The van der Waals surface area contributed by atoms with Crippen molar-refractivity contribution < 1.29 is 8.78 Å². The van der Waals surface area contributed by atoms with Crippen LogP contribution in [0, 0.1) is 12.8 Å². The Morgan fingerprint density at radius 1 is 1.23 bits per heavy atom. The second kappa shape index (κ2) is 4.60. The van der Waals surface area contributed by atoms with Crippen LogP contribution in [-0.2, 0) is 6.54 Å². The Balaban J connectivity index is 1.80. The summed E-state index contributed by atoms with van der Waals surface area (Å²) in [5.41, 5.74) is 2.94. The molecule has 2 aromatic heterocycles. The minimum absolute atomic E-state index is 0.0270. The summed E-state index contributed by atoms with van der Waals surface area (Å²) >= 11 is 0. The fraction of sp³-hybridized carbons (Fsp3) is 0.294. The fourth-order valence-corrected chi connectivity index (χ4v) is 2.91. The minimum Gasteiger partial charge on any atom is -0.330 e. The lowest BCUT2D eigenvalue weighted by atomic mass is 10.0. The molecule has 1 aromatic carbocycles. The summed E-state index contributed by atoms with van der Waals surface area (Å²) in [6, 6.07) is 7.86. The lowest BCUT2D eigenvalue weighted by Gasteiger charge is -2.11. The van der Waals surface area contributed by atoms with E-state index >= 15 is 0 Å². The highest BCUT2D eigenvalue weighted by Crippen LogP contribution is 2.49. The van der Waals surface area contributed by atoms with E-state index < -0.39 is 11.8 Å². The van der Waals surface area contributed by atoms with Gasteiger partial charge in [-0.3, -0.25) is 4.98 Å². The highest BCUT2D eigenvalue weighted by atomic mass is 19.3. The van der Waals surface area contributed by atoms with Crippen LogP contribution < -0.4 is 0 Å². The summed E-state index contributed by atoms with van der Waals surface area (Å²) in [5.74, 6) is -2.37. The van der Waals surface area contributed by atoms with E-state index in [9.17, 15) is 8.78 Å². The van der Waals surface area contributed by atoms with Crippen molar-refractivity contribution in [2.45, 2.75) is 25.8 Å². The van der Waals surface area contributed by atoms with Crippen molar-refractivity contribution in [2.24, 2.45) is 5.92 Å². The van der Waals surface area contributed by atoms with Crippen LogP contribution in [0.1, 0.15) is 12.0 Å². The number of alkyl halides is 2. The number of aromatic nitrogens is 3. The van der Waals surface area contributed by atoms with Gasteiger partial charge < -0.3 is 4.57 Å². The van der Waals surface area contributed by atoms with E-state index in [0.717, 1.165) is 27.9 Å². The molecular weight excluding hydrogens is 284 g/mol. The van der Waals surface area contributed by atoms with Crippen molar-refractivity contribution in [1.29, 1.82) is 0 Å². The van der Waals surface area contributed by atoms with E-state index in [-0.39, 0.29) is 6.42 Å². The molecule has 112 valence electrons. The smallest absolute Gasteiger partial charge is 0.253 e. The lowest BCUT2D eigenvalue weighted by Crippen LogP contribution is -2.06. The van der Waals surface area contributed by atoms with Gasteiger partial charge >= 0.3 is 0 Å². The first-order chi connectivity index (χ1) is 10.6. The zero-order chi connectivity index (χ0) is 15.3. The number of nitrogens with zero attached hydrogens (tertiary/aromatic N) is 3. The topological polar surface area (TPSA) is 30.7 Å². The van der Waals surface area contributed by atoms with Crippen molar-refractivity contribution in [2.75, 3.05) is 0 Å². The highest BCUT2D eigenvalue weighted by molar-refractivity contribution is 5.94. The first-order valence-corrected chi connectivity index (χ1v) is 7.30. The van der Waals surface area contributed by atoms with Crippen molar-refractivity contribution >= 4 is 10.9 Å². The van der Waals surface area contributed by atoms with Gasteiger partial charge in [-0.25, -0.2) is 13.8 Å². The molecule has 0 amide bonds. The van der Waals surface area contributed by atoms with E-state index in [4.69, 9.17) is 0 Å². The van der Waals surface area contributed by atoms with Gasteiger partial charge in [0.15, 0.2) is 0 Å². The number of imidazole rings is 1. The molecule has 0 saturated heterocycles. The third-order valence-corrected chi connectivity index (χ3v) is 4.30. The first-order valence-electron chi connectivity index (χ1n) is 7.30. The summed E-state index contributed by atoms with van der Waals surface area (Å²) in [5, 5.41) is 0.998. The maximum Gasteiger partial charge on any atom is 0.253 e. The number of benzene rings is 1. The SMILES string of the molecule is Cc1ccc(-c2nccn2CC2CC2(F)F)c2cccnc12. The quantitative estimate of drug-likeness (QED) is 0.730. The molecule has 1 aliphatic rings. The van der Waals surface area contributed by atoms with Gasteiger partial charge in [-0.1, -0.05) is 18.2 Å². The van der Waals surface area contributed by atoms with Crippen molar-refractivity contribution in [1.82, 2.24) is 14.5 Å². The highest BCUT2D eigenvalue weighted by Gasteiger charge is 2.56. The predicted molar refractivity (Wildman–Crippen MR) is 80.8 cm³/mol. The molecule has 4 rings (SSSR count). The molecule has 3 nitrogen and oxygen atoms in total. The minimum atomic E-state index is -2.52. The third-order valence-electron chi connectivity index (χ3n) is 4.30. The standard InChI is InChI=1S/C17H15F2N3/c1-11-4-5-14(13-3-2-6-20-15(11)13)16-21-7-8-22(16)10-12-9-17(12,18)19/h2-8,12H,9-10H2,1H3. The normalized spacial score (nSPS) is 19.5. The van der Waals surface area contributed by atoms with E-state index in [1.165, 1.54) is 0 Å². The molecule has 2 heterocycles. The van der Waals surface area contributed by atoms with Gasteiger partial charge in [0.1, 0.15) is 5.82 Å². The average Bonchev–Trinajstić information content (AvgIpc) is 2.89. The van der Waals surface area contributed by atoms with Crippen molar-refractivity contribution in [3.8, 4) is 11.4 Å². The van der Waals surface area contributed by atoms with E-state index in [2.05, 4.69) is 9.97 Å². The molecule has 1 fully saturated rings. The van der Waals surface area contributed by atoms with Gasteiger partial charge in [-0.2, -0.15) is 0 Å². The predicted octanol–water partition coefficient (Wildman–Crippen LogP) is 4.06. The van der Waals surface area contributed by atoms with E-state index in [1.807, 2.05) is 35.8 Å². The number of fused-ring (bicyclic) bond motifs is 1. The van der Waals surface area contributed by atoms with Gasteiger partial charge in [-0.15, -0.1) is 0 Å². The Bertz CT molecular complexity index is 854.